The molecule has 0 saturated heterocycles. The van der Waals surface area contributed by atoms with Crippen molar-refractivity contribution in [2.75, 3.05) is 6.54 Å². The van der Waals surface area contributed by atoms with Gasteiger partial charge in [-0.2, -0.15) is 0 Å². The molecule has 0 aliphatic carbocycles. The second kappa shape index (κ2) is 11.1. The van der Waals surface area contributed by atoms with Gasteiger partial charge in [0.25, 0.3) is 0 Å². The molecule has 0 fully saturated rings. The highest BCUT2D eigenvalue weighted by molar-refractivity contribution is 5.79. The van der Waals surface area contributed by atoms with Crippen LogP contribution in [0, 0.1) is 6.92 Å². The summed E-state index contributed by atoms with van der Waals surface area (Å²) in [6.45, 7) is 3.80. The first-order valence-corrected chi connectivity index (χ1v) is 11.2. The molecular weight excluding hydrogens is 408 g/mol. The standard InChI is InChI=1S/C27H30N6/c1-21-31-32-26(33(21)2)20-30-27(28-18-22-12-6-3-7-13-22)29-19-25(23-14-8-4-9-15-23)24-16-10-5-11-17-24/h3-17,25H,18-20H2,1-2H3,(H2,28,29,30). The van der Waals surface area contributed by atoms with Crippen LogP contribution in [0.3, 0.4) is 0 Å². The maximum Gasteiger partial charge on any atom is 0.192 e. The number of hydrogen-bond acceptors (Lipinski definition) is 3. The zero-order chi connectivity index (χ0) is 22.9. The Kier molecular flexibility index (Phi) is 7.48. The normalized spacial score (nSPS) is 11.5. The summed E-state index contributed by atoms with van der Waals surface area (Å²) in [4.78, 5) is 4.84. The molecular formula is C27H30N6. The van der Waals surface area contributed by atoms with Crippen LogP contribution < -0.4 is 10.6 Å². The first-order chi connectivity index (χ1) is 16.2. The maximum absolute atomic E-state index is 4.84. The highest BCUT2D eigenvalue weighted by atomic mass is 15.3. The Labute approximate surface area is 195 Å². The van der Waals surface area contributed by atoms with Gasteiger partial charge in [0.2, 0.25) is 0 Å². The molecule has 6 nitrogen and oxygen atoms in total. The summed E-state index contributed by atoms with van der Waals surface area (Å²) in [6.07, 6.45) is 0. The second-order valence-corrected chi connectivity index (χ2v) is 7.98. The molecule has 0 amide bonds. The molecule has 0 aliphatic rings. The molecule has 1 heterocycles. The van der Waals surface area contributed by atoms with Crippen LogP contribution in [0.25, 0.3) is 0 Å². The van der Waals surface area contributed by atoms with E-state index in [9.17, 15) is 0 Å². The van der Waals surface area contributed by atoms with Gasteiger partial charge in [-0.3, -0.25) is 0 Å². The van der Waals surface area contributed by atoms with Crippen molar-refractivity contribution < 1.29 is 0 Å². The van der Waals surface area contributed by atoms with Crippen LogP contribution >= 0.6 is 0 Å². The minimum atomic E-state index is 0.202. The smallest absolute Gasteiger partial charge is 0.192 e. The van der Waals surface area contributed by atoms with Crippen molar-refractivity contribution in [3.05, 3.63) is 119 Å². The molecule has 0 atom stereocenters. The lowest BCUT2D eigenvalue weighted by atomic mass is 9.91. The largest absolute Gasteiger partial charge is 0.355 e. The number of hydrogen-bond donors (Lipinski definition) is 2. The van der Waals surface area contributed by atoms with E-state index in [0.717, 1.165) is 23.2 Å². The Morgan fingerprint density at radius 1 is 0.818 bits per heavy atom. The van der Waals surface area contributed by atoms with E-state index in [1.54, 1.807) is 0 Å². The van der Waals surface area contributed by atoms with Gasteiger partial charge in [0.1, 0.15) is 5.82 Å². The Morgan fingerprint density at radius 2 is 1.39 bits per heavy atom. The van der Waals surface area contributed by atoms with E-state index in [4.69, 9.17) is 4.99 Å². The van der Waals surface area contributed by atoms with E-state index in [-0.39, 0.29) is 5.92 Å². The van der Waals surface area contributed by atoms with Crippen LogP contribution in [0.4, 0.5) is 0 Å². The third kappa shape index (κ3) is 6.07. The Hall–Kier alpha value is -3.93. The summed E-state index contributed by atoms with van der Waals surface area (Å²) in [5.41, 5.74) is 3.70. The SMILES string of the molecule is Cc1nnc(CNC(=NCc2ccccc2)NCC(c2ccccc2)c2ccccc2)n1C. The molecule has 0 unspecified atom stereocenters. The number of benzene rings is 3. The van der Waals surface area contributed by atoms with Crippen LogP contribution in [0.1, 0.15) is 34.3 Å². The van der Waals surface area contributed by atoms with Crippen LogP contribution in [-0.2, 0) is 20.1 Å². The van der Waals surface area contributed by atoms with Gasteiger partial charge in [0.05, 0.1) is 13.1 Å². The van der Waals surface area contributed by atoms with Crippen molar-refractivity contribution in [3.8, 4) is 0 Å². The summed E-state index contributed by atoms with van der Waals surface area (Å²) in [6, 6.07) is 31.4. The fourth-order valence-corrected chi connectivity index (χ4v) is 3.69. The van der Waals surface area contributed by atoms with E-state index in [1.165, 1.54) is 11.1 Å². The molecule has 3 aromatic carbocycles. The Bertz CT molecular complexity index is 1110. The van der Waals surface area contributed by atoms with E-state index in [2.05, 4.69) is 93.6 Å². The van der Waals surface area contributed by atoms with Crippen LogP contribution in [0.5, 0.6) is 0 Å². The lowest BCUT2D eigenvalue weighted by Gasteiger charge is -2.21. The predicted molar refractivity (Wildman–Crippen MR) is 133 cm³/mol. The van der Waals surface area contributed by atoms with Crippen LogP contribution in [0.2, 0.25) is 0 Å². The van der Waals surface area contributed by atoms with Crippen LogP contribution in [0.15, 0.2) is 96.0 Å². The summed E-state index contributed by atoms with van der Waals surface area (Å²) in [5, 5.41) is 15.4. The molecule has 4 aromatic rings. The topological polar surface area (TPSA) is 67.1 Å². The Morgan fingerprint density at radius 3 is 1.94 bits per heavy atom. The van der Waals surface area contributed by atoms with Gasteiger partial charge in [-0.1, -0.05) is 91.0 Å². The molecule has 0 bridgehead atoms. The first kappa shape index (κ1) is 22.3. The fourth-order valence-electron chi connectivity index (χ4n) is 3.69. The summed E-state index contributed by atoms with van der Waals surface area (Å²) in [7, 11) is 1.97. The van der Waals surface area contributed by atoms with Crippen molar-refractivity contribution >= 4 is 5.96 Å². The lowest BCUT2D eigenvalue weighted by Crippen LogP contribution is -2.39. The van der Waals surface area contributed by atoms with E-state index in [1.807, 2.05) is 36.7 Å². The number of nitrogens with zero attached hydrogens (tertiary/aromatic N) is 4. The lowest BCUT2D eigenvalue weighted by molar-refractivity contribution is 0.694. The van der Waals surface area contributed by atoms with Gasteiger partial charge in [0, 0.05) is 19.5 Å². The van der Waals surface area contributed by atoms with Gasteiger partial charge < -0.3 is 15.2 Å². The van der Waals surface area contributed by atoms with Gasteiger partial charge in [-0.15, -0.1) is 10.2 Å². The quantitative estimate of drug-likeness (QED) is 0.320. The average Bonchev–Trinajstić information content (AvgIpc) is 3.19. The summed E-state index contributed by atoms with van der Waals surface area (Å²) < 4.78 is 1.98. The molecule has 2 N–H and O–H groups in total. The zero-order valence-electron chi connectivity index (χ0n) is 19.1. The minimum Gasteiger partial charge on any atom is -0.355 e. The number of rotatable bonds is 8. The molecule has 0 aliphatic heterocycles. The predicted octanol–water partition coefficient (Wildman–Crippen LogP) is 4.19. The molecule has 0 saturated carbocycles. The monoisotopic (exact) mass is 438 g/mol. The van der Waals surface area contributed by atoms with Crippen molar-refractivity contribution in [2.45, 2.75) is 25.9 Å². The van der Waals surface area contributed by atoms with Gasteiger partial charge >= 0.3 is 0 Å². The summed E-state index contributed by atoms with van der Waals surface area (Å²) >= 11 is 0. The van der Waals surface area contributed by atoms with E-state index in [0.29, 0.717) is 19.6 Å². The zero-order valence-corrected chi connectivity index (χ0v) is 19.1. The first-order valence-electron chi connectivity index (χ1n) is 11.2. The number of aryl methyl sites for hydroxylation is 1. The second-order valence-electron chi connectivity index (χ2n) is 7.98. The number of nitrogens with one attached hydrogen (secondary N) is 2. The van der Waals surface area contributed by atoms with Crippen molar-refractivity contribution in [3.63, 3.8) is 0 Å². The molecule has 4 rings (SSSR count). The Balaban J connectivity index is 1.52. The average molecular weight is 439 g/mol. The summed E-state index contributed by atoms with van der Waals surface area (Å²) in [5.74, 6) is 2.70. The molecule has 168 valence electrons. The molecule has 33 heavy (non-hydrogen) atoms. The minimum absolute atomic E-state index is 0.202. The number of aromatic nitrogens is 3. The van der Waals surface area contributed by atoms with Crippen molar-refractivity contribution in [1.82, 2.24) is 25.4 Å². The number of guanidine groups is 1. The third-order valence-electron chi connectivity index (χ3n) is 5.74. The van der Waals surface area contributed by atoms with Gasteiger partial charge in [0.15, 0.2) is 11.8 Å². The van der Waals surface area contributed by atoms with Gasteiger partial charge in [-0.05, 0) is 23.6 Å². The van der Waals surface area contributed by atoms with Crippen molar-refractivity contribution in [2.24, 2.45) is 12.0 Å². The molecule has 1 aromatic heterocycles. The molecule has 6 heteroatoms. The van der Waals surface area contributed by atoms with E-state index >= 15 is 0 Å². The van der Waals surface area contributed by atoms with Gasteiger partial charge in [-0.25, -0.2) is 4.99 Å². The highest BCUT2D eigenvalue weighted by Crippen LogP contribution is 2.23. The molecule has 0 radical (unpaired) electrons. The van der Waals surface area contributed by atoms with Crippen molar-refractivity contribution in [1.29, 1.82) is 0 Å². The third-order valence-corrected chi connectivity index (χ3v) is 5.74. The fraction of sp³-hybridized carbons (Fsp3) is 0.222. The maximum atomic E-state index is 4.84. The van der Waals surface area contributed by atoms with E-state index < -0.39 is 0 Å². The van der Waals surface area contributed by atoms with Crippen LogP contribution in [-0.4, -0.2) is 27.3 Å². The highest BCUT2D eigenvalue weighted by Gasteiger charge is 2.15. The molecule has 0 spiro atoms. The number of aliphatic imine (C=N–C) groups is 1.